The van der Waals surface area contributed by atoms with Crippen LogP contribution < -0.4 is 5.32 Å². The van der Waals surface area contributed by atoms with Gasteiger partial charge in [-0.05, 0) is 31.5 Å². The maximum atomic E-state index is 6.30. The zero-order chi connectivity index (χ0) is 15.4. The van der Waals surface area contributed by atoms with Gasteiger partial charge in [-0.1, -0.05) is 55.3 Å². The zero-order valence-electron chi connectivity index (χ0n) is 12.5. The fourth-order valence-corrected chi connectivity index (χ4v) is 2.82. The molecule has 0 saturated carbocycles. The van der Waals surface area contributed by atoms with E-state index in [1.54, 1.807) is 10.7 Å². The molecule has 0 radical (unpaired) electrons. The van der Waals surface area contributed by atoms with E-state index in [-0.39, 0.29) is 6.04 Å². The first kappa shape index (κ1) is 16.3. The molecule has 0 bridgehead atoms. The molecule has 21 heavy (non-hydrogen) atoms. The van der Waals surface area contributed by atoms with Gasteiger partial charge in [-0.15, -0.1) is 5.10 Å². The Hall–Kier alpha value is -1.10. The summed E-state index contributed by atoms with van der Waals surface area (Å²) in [5.41, 5.74) is 2.82. The lowest BCUT2D eigenvalue weighted by Crippen LogP contribution is -2.21. The van der Waals surface area contributed by atoms with Gasteiger partial charge in [-0.25, -0.2) is 4.68 Å². The lowest BCUT2D eigenvalue weighted by atomic mass is 10.1. The molecule has 0 aliphatic heterocycles. The van der Waals surface area contributed by atoms with Gasteiger partial charge in [-0.3, -0.25) is 0 Å². The number of aromatic nitrogens is 3. The first-order chi connectivity index (χ1) is 10.1. The highest BCUT2D eigenvalue weighted by Gasteiger charge is 2.21. The molecule has 0 aliphatic carbocycles. The number of hydrogen-bond acceptors (Lipinski definition) is 3. The summed E-state index contributed by atoms with van der Waals surface area (Å²) >= 11 is 12.4. The molecule has 1 aromatic carbocycles. The van der Waals surface area contributed by atoms with E-state index >= 15 is 0 Å². The molecule has 0 spiro atoms. The summed E-state index contributed by atoms with van der Waals surface area (Å²) in [6.45, 7) is 7.22. The topological polar surface area (TPSA) is 42.7 Å². The Morgan fingerprint density at radius 3 is 2.62 bits per heavy atom. The molecule has 1 atom stereocenters. The number of hydrogen-bond donors (Lipinski definition) is 1. The maximum Gasteiger partial charge on any atom is 0.103 e. The van der Waals surface area contributed by atoms with Crippen LogP contribution in [-0.4, -0.2) is 21.5 Å². The normalized spacial score (nSPS) is 12.6. The van der Waals surface area contributed by atoms with Crippen LogP contribution in [-0.2, 0) is 6.42 Å². The molecular weight excluding hydrogens is 307 g/mol. The first-order valence-corrected chi connectivity index (χ1v) is 8.01. The monoisotopic (exact) mass is 326 g/mol. The standard InChI is InChI=1S/C15H20Cl2N4/c1-4-11(18-6-3)15-12(5-2)21(20-19-15)13-9-7-8-10(16)14(13)17/h7-9,11,18H,4-6H2,1-3H3. The number of halogens is 2. The second kappa shape index (κ2) is 7.25. The van der Waals surface area contributed by atoms with E-state index < -0.39 is 0 Å². The molecule has 1 unspecified atom stereocenters. The zero-order valence-corrected chi connectivity index (χ0v) is 14.0. The van der Waals surface area contributed by atoms with Crippen molar-refractivity contribution in [3.05, 3.63) is 39.6 Å². The molecule has 1 aromatic heterocycles. The Morgan fingerprint density at radius 2 is 2.00 bits per heavy atom. The Bertz CT molecular complexity index is 610. The highest BCUT2D eigenvalue weighted by atomic mass is 35.5. The maximum absolute atomic E-state index is 6.30. The van der Waals surface area contributed by atoms with Crippen molar-refractivity contribution < 1.29 is 0 Å². The molecule has 0 amide bonds. The SMILES string of the molecule is CCNC(CC)c1nnn(-c2cccc(Cl)c2Cl)c1CC. The third kappa shape index (κ3) is 3.23. The number of nitrogens with zero attached hydrogens (tertiary/aromatic N) is 3. The summed E-state index contributed by atoms with van der Waals surface area (Å²) in [6, 6.07) is 5.74. The number of nitrogens with one attached hydrogen (secondary N) is 1. The van der Waals surface area contributed by atoms with Crippen LogP contribution in [0, 0.1) is 0 Å². The Balaban J connectivity index is 2.51. The fraction of sp³-hybridized carbons (Fsp3) is 0.467. The molecule has 0 aliphatic rings. The van der Waals surface area contributed by atoms with Crippen LogP contribution in [0.3, 0.4) is 0 Å². The van der Waals surface area contributed by atoms with Crippen molar-refractivity contribution in [1.29, 1.82) is 0 Å². The Labute approximate surface area is 135 Å². The van der Waals surface area contributed by atoms with E-state index in [0.29, 0.717) is 10.0 Å². The minimum Gasteiger partial charge on any atom is -0.309 e. The van der Waals surface area contributed by atoms with E-state index in [2.05, 4.69) is 36.4 Å². The van der Waals surface area contributed by atoms with Crippen LogP contribution in [0.25, 0.3) is 5.69 Å². The number of rotatable bonds is 6. The molecule has 6 heteroatoms. The van der Waals surface area contributed by atoms with Crippen LogP contribution >= 0.6 is 23.2 Å². The van der Waals surface area contributed by atoms with Gasteiger partial charge in [0.05, 0.1) is 27.5 Å². The van der Waals surface area contributed by atoms with Crippen molar-refractivity contribution in [2.75, 3.05) is 6.54 Å². The quantitative estimate of drug-likeness (QED) is 0.865. The molecule has 0 fully saturated rings. The van der Waals surface area contributed by atoms with Gasteiger partial charge >= 0.3 is 0 Å². The molecule has 1 heterocycles. The second-order valence-electron chi connectivity index (χ2n) is 4.78. The predicted octanol–water partition coefficient (Wildman–Crippen LogP) is 4.20. The molecule has 2 rings (SSSR count). The van der Waals surface area contributed by atoms with Crippen LogP contribution in [0.4, 0.5) is 0 Å². The van der Waals surface area contributed by atoms with Crippen molar-refractivity contribution >= 4 is 23.2 Å². The van der Waals surface area contributed by atoms with E-state index in [4.69, 9.17) is 23.2 Å². The minimum absolute atomic E-state index is 0.205. The van der Waals surface area contributed by atoms with E-state index in [1.165, 1.54) is 0 Å². The first-order valence-electron chi connectivity index (χ1n) is 7.26. The summed E-state index contributed by atoms with van der Waals surface area (Å²) in [7, 11) is 0. The van der Waals surface area contributed by atoms with Crippen molar-refractivity contribution in [2.45, 2.75) is 39.7 Å². The van der Waals surface area contributed by atoms with Gasteiger partial charge in [0.15, 0.2) is 0 Å². The highest BCUT2D eigenvalue weighted by molar-refractivity contribution is 6.43. The molecule has 114 valence electrons. The fourth-order valence-electron chi connectivity index (χ4n) is 2.45. The van der Waals surface area contributed by atoms with Gasteiger partial charge in [-0.2, -0.15) is 0 Å². The van der Waals surface area contributed by atoms with E-state index in [1.807, 2.05) is 12.1 Å². The summed E-state index contributed by atoms with van der Waals surface area (Å²) in [4.78, 5) is 0. The molecule has 1 N–H and O–H groups in total. The van der Waals surface area contributed by atoms with Crippen molar-refractivity contribution in [2.24, 2.45) is 0 Å². The lowest BCUT2D eigenvalue weighted by Gasteiger charge is -2.15. The van der Waals surface area contributed by atoms with Gasteiger partial charge < -0.3 is 5.32 Å². The molecular formula is C15H20Cl2N4. The third-order valence-electron chi connectivity index (χ3n) is 3.48. The molecule has 4 nitrogen and oxygen atoms in total. The average Bonchev–Trinajstić information content (AvgIpc) is 2.91. The summed E-state index contributed by atoms with van der Waals surface area (Å²) in [5.74, 6) is 0. The van der Waals surface area contributed by atoms with Gasteiger partial charge in [0, 0.05) is 0 Å². The Morgan fingerprint density at radius 1 is 1.24 bits per heavy atom. The molecule has 0 saturated heterocycles. The van der Waals surface area contributed by atoms with Crippen LogP contribution in [0.1, 0.15) is 44.6 Å². The van der Waals surface area contributed by atoms with Gasteiger partial charge in [0.1, 0.15) is 5.69 Å². The lowest BCUT2D eigenvalue weighted by molar-refractivity contribution is 0.520. The van der Waals surface area contributed by atoms with Crippen molar-refractivity contribution in [1.82, 2.24) is 20.3 Å². The van der Waals surface area contributed by atoms with Crippen molar-refractivity contribution in [3.8, 4) is 5.69 Å². The smallest absolute Gasteiger partial charge is 0.103 e. The number of benzene rings is 1. The van der Waals surface area contributed by atoms with E-state index in [9.17, 15) is 0 Å². The van der Waals surface area contributed by atoms with Crippen LogP contribution in [0.2, 0.25) is 10.0 Å². The highest BCUT2D eigenvalue weighted by Crippen LogP contribution is 2.30. The van der Waals surface area contributed by atoms with Crippen molar-refractivity contribution in [3.63, 3.8) is 0 Å². The van der Waals surface area contributed by atoms with Crippen LogP contribution in [0.15, 0.2) is 18.2 Å². The molecule has 2 aromatic rings. The average molecular weight is 327 g/mol. The second-order valence-corrected chi connectivity index (χ2v) is 5.56. The van der Waals surface area contributed by atoms with Gasteiger partial charge in [0.25, 0.3) is 0 Å². The predicted molar refractivity (Wildman–Crippen MR) is 87.5 cm³/mol. The summed E-state index contributed by atoms with van der Waals surface area (Å²) in [6.07, 6.45) is 1.79. The minimum atomic E-state index is 0.205. The van der Waals surface area contributed by atoms with Gasteiger partial charge in [0.2, 0.25) is 0 Å². The van der Waals surface area contributed by atoms with Crippen LogP contribution in [0.5, 0.6) is 0 Å². The largest absolute Gasteiger partial charge is 0.309 e. The Kier molecular flexibility index (Phi) is 5.62. The third-order valence-corrected chi connectivity index (χ3v) is 4.29. The van der Waals surface area contributed by atoms with E-state index in [0.717, 1.165) is 36.5 Å². The summed E-state index contributed by atoms with van der Waals surface area (Å²) in [5, 5.41) is 13.1. The summed E-state index contributed by atoms with van der Waals surface area (Å²) < 4.78 is 1.80.